The molecule has 1 aromatic carbocycles. The molecule has 1 fully saturated rings. The Morgan fingerprint density at radius 3 is 2.90 bits per heavy atom. The van der Waals surface area contributed by atoms with Gasteiger partial charge in [-0.2, -0.15) is 5.26 Å². The monoisotopic (exact) mass is 308 g/mol. The molecule has 1 aromatic rings. The molecule has 0 aliphatic carbocycles. The highest BCUT2D eigenvalue weighted by Gasteiger charge is 2.37. The molecule has 1 N–H and O–H groups in total. The van der Waals surface area contributed by atoms with Crippen molar-refractivity contribution >= 4 is 17.6 Å². The van der Waals surface area contributed by atoms with Gasteiger partial charge in [0.2, 0.25) is 0 Å². The lowest BCUT2D eigenvalue weighted by molar-refractivity contribution is -0.143. The third kappa shape index (κ3) is 3.53. The van der Waals surface area contributed by atoms with Crippen LogP contribution in [0.3, 0.4) is 0 Å². The summed E-state index contributed by atoms with van der Waals surface area (Å²) in [6.07, 6.45) is 0. The summed E-state index contributed by atoms with van der Waals surface area (Å²) in [4.78, 5) is 13.3. The standard InChI is InChI=1S/C15H17ClN2O3/c1-2-18(14-9-21-8-12(14)15(19)20)7-11-4-3-10(6-17)5-13(11)16/h3-5,12,14H,2,7-9H2,1H3,(H,19,20). The minimum absolute atomic E-state index is 0.154. The fourth-order valence-electron chi connectivity index (χ4n) is 2.57. The van der Waals surface area contributed by atoms with E-state index >= 15 is 0 Å². The number of hydrogen-bond acceptors (Lipinski definition) is 4. The van der Waals surface area contributed by atoms with Gasteiger partial charge in [0.15, 0.2) is 0 Å². The summed E-state index contributed by atoms with van der Waals surface area (Å²) in [6, 6.07) is 7.05. The third-order valence-electron chi connectivity index (χ3n) is 3.80. The maximum atomic E-state index is 11.3. The predicted octanol–water partition coefficient (Wildman–Crippen LogP) is 2.13. The third-order valence-corrected chi connectivity index (χ3v) is 4.15. The molecule has 0 saturated carbocycles. The molecular formula is C15H17ClN2O3. The van der Waals surface area contributed by atoms with Gasteiger partial charge < -0.3 is 9.84 Å². The minimum atomic E-state index is -0.832. The van der Waals surface area contributed by atoms with Crippen molar-refractivity contribution in [1.82, 2.24) is 4.90 Å². The molecule has 21 heavy (non-hydrogen) atoms. The molecule has 2 rings (SSSR count). The molecule has 1 heterocycles. The summed E-state index contributed by atoms with van der Waals surface area (Å²) < 4.78 is 5.32. The van der Waals surface area contributed by atoms with Crippen LogP contribution in [0.1, 0.15) is 18.1 Å². The first-order chi connectivity index (χ1) is 10.1. The van der Waals surface area contributed by atoms with Crippen molar-refractivity contribution in [3.05, 3.63) is 34.3 Å². The van der Waals surface area contributed by atoms with Gasteiger partial charge in [0.25, 0.3) is 0 Å². The Kier molecular flexibility index (Phi) is 5.18. The van der Waals surface area contributed by atoms with E-state index < -0.39 is 11.9 Å². The molecule has 0 amide bonds. The van der Waals surface area contributed by atoms with E-state index in [1.165, 1.54) is 0 Å². The Morgan fingerprint density at radius 2 is 2.33 bits per heavy atom. The molecular weight excluding hydrogens is 292 g/mol. The van der Waals surface area contributed by atoms with Crippen molar-refractivity contribution in [2.75, 3.05) is 19.8 Å². The van der Waals surface area contributed by atoms with E-state index in [2.05, 4.69) is 4.90 Å². The molecule has 2 atom stereocenters. The van der Waals surface area contributed by atoms with E-state index in [1.807, 2.05) is 19.1 Å². The Hall–Kier alpha value is -1.61. The summed E-state index contributed by atoms with van der Waals surface area (Å²) in [6.45, 7) is 3.89. The van der Waals surface area contributed by atoms with Gasteiger partial charge >= 0.3 is 5.97 Å². The Bertz CT molecular complexity index is 571. The molecule has 1 aliphatic heterocycles. The molecule has 1 saturated heterocycles. The second-order valence-corrected chi connectivity index (χ2v) is 5.44. The smallest absolute Gasteiger partial charge is 0.310 e. The first-order valence-corrected chi connectivity index (χ1v) is 7.17. The Labute approximate surface area is 128 Å². The van der Waals surface area contributed by atoms with Crippen LogP contribution in [0.5, 0.6) is 0 Å². The maximum Gasteiger partial charge on any atom is 0.310 e. The lowest BCUT2D eigenvalue weighted by Gasteiger charge is -2.29. The number of rotatable bonds is 5. The molecule has 1 aliphatic rings. The van der Waals surface area contributed by atoms with Crippen LogP contribution in [0.25, 0.3) is 0 Å². The zero-order valence-electron chi connectivity index (χ0n) is 11.8. The first-order valence-electron chi connectivity index (χ1n) is 6.80. The topological polar surface area (TPSA) is 73.6 Å². The SMILES string of the molecule is CCN(Cc1ccc(C#N)cc1Cl)C1COCC1C(=O)O. The van der Waals surface area contributed by atoms with Crippen LogP contribution in [0.4, 0.5) is 0 Å². The second kappa shape index (κ2) is 6.90. The van der Waals surface area contributed by atoms with Crippen LogP contribution in [-0.2, 0) is 16.1 Å². The zero-order chi connectivity index (χ0) is 15.4. The summed E-state index contributed by atoms with van der Waals surface area (Å²) in [5.74, 6) is -1.34. The Morgan fingerprint density at radius 1 is 1.57 bits per heavy atom. The van der Waals surface area contributed by atoms with Gasteiger partial charge in [-0.1, -0.05) is 24.6 Å². The van der Waals surface area contributed by atoms with Crippen LogP contribution in [0.2, 0.25) is 5.02 Å². The van der Waals surface area contributed by atoms with Gasteiger partial charge in [-0.15, -0.1) is 0 Å². The highest BCUT2D eigenvalue weighted by molar-refractivity contribution is 6.31. The van der Waals surface area contributed by atoms with Crippen LogP contribution >= 0.6 is 11.6 Å². The second-order valence-electron chi connectivity index (χ2n) is 5.03. The zero-order valence-corrected chi connectivity index (χ0v) is 12.5. The van der Waals surface area contributed by atoms with Crippen LogP contribution < -0.4 is 0 Å². The van der Waals surface area contributed by atoms with Crippen LogP contribution in [-0.4, -0.2) is 41.8 Å². The minimum Gasteiger partial charge on any atom is -0.481 e. The summed E-state index contributed by atoms with van der Waals surface area (Å²) in [5.41, 5.74) is 1.40. The number of aliphatic carboxylic acids is 1. The number of ether oxygens (including phenoxy) is 1. The lowest BCUT2D eigenvalue weighted by atomic mass is 10.0. The van der Waals surface area contributed by atoms with Crippen LogP contribution in [0.15, 0.2) is 18.2 Å². The highest BCUT2D eigenvalue weighted by atomic mass is 35.5. The quantitative estimate of drug-likeness (QED) is 0.902. The van der Waals surface area contributed by atoms with Gasteiger partial charge in [0.1, 0.15) is 0 Å². The normalized spacial score (nSPS) is 21.4. The van der Waals surface area contributed by atoms with E-state index in [0.29, 0.717) is 30.3 Å². The number of likely N-dealkylation sites (N-methyl/N-ethyl adjacent to an activating group) is 1. The number of carbonyl (C=O) groups is 1. The number of carboxylic acids is 1. The molecule has 0 bridgehead atoms. The summed E-state index contributed by atoms with van der Waals surface area (Å²) >= 11 is 6.19. The first kappa shape index (κ1) is 15.8. The van der Waals surface area contributed by atoms with Gasteiger partial charge in [-0.25, -0.2) is 0 Å². The average molecular weight is 309 g/mol. The number of hydrogen-bond donors (Lipinski definition) is 1. The van der Waals surface area contributed by atoms with Gasteiger partial charge in [-0.3, -0.25) is 9.69 Å². The van der Waals surface area contributed by atoms with Gasteiger partial charge in [0.05, 0.1) is 30.8 Å². The van der Waals surface area contributed by atoms with Crippen molar-refractivity contribution in [3.8, 4) is 6.07 Å². The van der Waals surface area contributed by atoms with Crippen molar-refractivity contribution in [1.29, 1.82) is 5.26 Å². The number of nitrogens with zero attached hydrogens (tertiary/aromatic N) is 2. The Balaban J connectivity index is 2.16. The molecule has 0 radical (unpaired) electrons. The fraction of sp³-hybridized carbons (Fsp3) is 0.467. The van der Waals surface area contributed by atoms with Crippen molar-refractivity contribution in [3.63, 3.8) is 0 Å². The fourth-order valence-corrected chi connectivity index (χ4v) is 2.81. The van der Waals surface area contributed by atoms with E-state index in [4.69, 9.17) is 21.6 Å². The predicted molar refractivity (Wildman–Crippen MR) is 78.0 cm³/mol. The van der Waals surface area contributed by atoms with Crippen molar-refractivity contribution in [2.24, 2.45) is 5.92 Å². The molecule has 0 aromatic heterocycles. The van der Waals surface area contributed by atoms with E-state index in [9.17, 15) is 9.90 Å². The van der Waals surface area contributed by atoms with Gasteiger partial charge in [-0.05, 0) is 24.2 Å². The molecule has 112 valence electrons. The number of benzene rings is 1. The molecule has 0 spiro atoms. The number of carboxylic acid groups (broad SMARTS) is 1. The molecule has 6 heteroatoms. The summed E-state index contributed by atoms with van der Waals surface area (Å²) in [5, 5.41) is 18.6. The van der Waals surface area contributed by atoms with E-state index in [-0.39, 0.29) is 12.6 Å². The van der Waals surface area contributed by atoms with Crippen molar-refractivity contribution < 1.29 is 14.6 Å². The average Bonchev–Trinajstić information content (AvgIpc) is 2.95. The van der Waals surface area contributed by atoms with Crippen molar-refractivity contribution in [2.45, 2.75) is 19.5 Å². The molecule has 5 nitrogen and oxygen atoms in total. The highest BCUT2D eigenvalue weighted by Crippen LogP contribution is 2.25. The van der Waals surface area contributed by atoms with E-state index in [0.717, 1.165) is 5.56 Å². The van der Waals surface area contributed by atoms with Crippen LogP contribution in [0, 0.1) is 17.2 Å². The maximum absolute atomic E-state index is 11.3. The van der Waals surface area contributed by atoms with Gasteiger partial charge in [0, 0.05) is 17.6 Å². The number of halogens is 1. The summed E-state index contributed by atoms with van der Waals surface area (Å²) in [7, 11) is 0. The molecule has 2 unspecified atom stereocenters. The lowest BCUT2D eigenvalue weighted by Crippen LogP contribution is -2.42. The van der Waals surface area contributed by atoms with E-state index in [1.54, 1.807) is 12.1 Å². The largest absolute Gasteiger partial charge is 0.481 e. The number of nitriles is 1.